The first-order valence-electron chi connectivity index (χ1n) is 24.2. The number of ether oxygens (including phenoxy) is 3. The van der Waals surface area contributed by atoms with Crippen LogP contribution in [-0.2, 0) is 50.6 Å². The highest BCUT2D eigenvalue weighted by Crippen LogP contribution is 2.46. The Morgan fingerprint density at radius 1 is 0.435 bits per heavy atom. The van der Waals surface area contributed by atoms with Crippen LogP contribution >= 0.6 is 0 Å². The van der Waals surface area contributed by atoms with Crippen molar-refractivity contribution >= 4 is 129 Å². The summed E-state index contributed by atoms with van der Waals surface area (Å²) in [5.41, 5.74) is 2.25. The molecule has 0 atom stereocenters. The number of aromatic hydroxyl groups is 1. The number of nitrogens with zero attached hydrogens (tertiary/aromatic N) is 8. The highest BCUT2D eigenvalue weighted by Gasteiger charge is 2.26. The Balaban J connectivity index is 1.08. The second-order valence-corrected chi connectivity index (χ2v) is 25.5. The normalized spacial score (nSPS) is 12.8. The largest absolute Gasteiger partial charge is 0.505 e. The Kier molecular flexibility index (Phi) is 17.9. The van der Waals surface area contributed by atoms with Crippen LogP contribution in [0.2, 0.25) is 0 Å². The van der Waals surface area contributed by atoms with Gasteiger partial charge in [-0.3, -0.25) is 22.8 Å². The van der Waals surface area contributed by atoms with Crippen LogP contribution in [0.15, 0.2) is 176 Å². The average molecular weight is 1260 g/mol. The molecular weight excluding hydrogens is 1210 g/mol. The number of aryl methyl sites for hydroxylation is 3. The smallest absolute Gasteiger partial charge is 0.296 e. The number of azo groups is 4. The fourth-order valence-corrected chi connectivity index (χ4v) is 11.3. The van der Waals surface area contributed by atoms with Gasteiger partial charge in [-0.05, 0) is 134 Å². The van der Waals surface area contributed by atoms with E-state index in [1.54, 1.807) is 44.2 Å². The van der Waals surface area contributed by atoms with E-state index in [-0.39, 0.29) is 69.4 Å². The van der Waals surface area contributed by atoms with Crippen molar-refractivity contribution in [3.05, 3.63) is 132 Å². The van der Waals surface area contributed by atoms with Crippen LogP contribution in [0.5, 0.6) is 23.0 Å². The number of anilines is 2. The zero-order valence-electron chi connectivity index (χ0n) is 44.7. The molecule has 0 amide bonds. The Hall–Kier alpha value is -8.77. The van der Waals surface area contributed by atoms with E-state index >= 15 is 0 Å². The number of methoxy groups -OCH3 is 2. The Morgan fingerprint density at radius 3 is 1.44 bits per heavy atom. The minimum absolute atomic E-state index is 0.00140. The van der Waals surface area contributed by atoms with Crippen LogP contribution in [-0.4, -0.2) is 96.5 Å². The molecule has 8 aromatic carbocycles. The first-order chi connectivity index (χ1) is 39.8. The topological polar surface area (TPSA) is 431 Å². The molecule has 28 nitrogen and oxygen atoms in total. The first-order valence-corrected chi connectivity index (χ1v) is 31.6. The fraction of sp³-hybridized carbons (Fsp3) is 0.154. The van der Waals surface area contributed by atoms with Gasteiger partial charge in [0, 0.05) is 40.3 Å². The maximum absolute atomic E-state index is 12.7. The molecule has 0 heterocycles. The van der Waals surface area contributed by atoms with E-state index in [9.17, 15) is 70.0 Å². The molecule has 8 rings (SSSR count). The molecule has 0 radical (unpaired) electrons. The number of para-hydroxylation sites is 1. The van der Waals surface area contributed by atoms with Crippen molar-refractivity contribution in [2.75, 3.05) is 31.9 Å². The molecule has 85 heavy (non-hydrogen) atoms. The van der Waals surface area contributed by atoms with E-state index in [0.717, 1.165) is 17.8 Å². The zero-order chi connectivity index (χ0) is 62.0. The summed E-state index contributed by atoms with van der Waals surface area (Å²) in [6, 6.07) is 26.4. The minimum Gasteiger partial charge on any atom is -0.505 e. The van der Waals surface area contributed by atoms with Gasteiger partial charge in [0.15, 0.2) is 5.75 Å². The molecule has 0 saturated heterocycles. The van der Waals surface area contributed by atoms with Gasteiger partial charge in [0.1, 0.15) is 60.4 Å². The number of nitrogens with one attached hydrogen (secondary N) is 1. The predicted molar refractivity (Wildman–Crippen MR) is 308 cm³/mol. The van der Waals surface area contributed by atoms with Gasteiger partial charge < -0.3 is 24.6 Å². The van der Waals surface area contributed by atoms with Crippen molar-refractivity contribution in [3.63, 3.8) is 0 Å². The third kappa shape index (κ3) is 15.0. The van der Waals surface area contributed by atoms with Gasteiger partial charge in [0.2, 0.25) is 0 Å². The van der Waals surface area contributed by atoms with Crippen molar-refractivity contribution in [1.29, 1.82) is 0 Å². The van der Waals surface area contributed by atoms with Gasteiger partial charge >= 0.3 is 0 Å². The standard InChI is InChI=1S/C52H47N9O19S5/c1-28-17-39(55-58-42-26-46(79-5)43(27-45(42)78-4)59-61-51-50(85(75,76)77)22-31-19-34(12-13-36(31)52(51)62)53-33-10-7-6-8-11-33)29(2)16-38(28)54-57-41-18-30(3)40(25-47(41)80-14-9-15-81(63,64)65)56-60-44-24-37-32(21-49(44)84(72,73)74)20-35(82(66,67)68)23-48(37)83(69,70)71/h6-8,10-13,16-27,53,62H,9,14-15H2,1-5H3,(H,63,64,65)(H,66,67,68)(H,69,70,71)(H,72,73,74)(H,75,76,77). The molecule has 0 fully saturated rings. The van der Waals surface area contributed by atoms with Crippen molar-refractivity contribution in [1.82, 2.24) is 0 Å². The van der Waals surface area contributed by atoms with E-state index in [4.69, 9.17) is 14.2 Å². The average Bonchev–Trinajstić information content (AvgIpc) is 1.01. The van der Waals surface area contributed by atoms with E-state index in [2.05, 4.69) is 46.2 Å². The third-order valence-electron chi connectivity index (χ3n) is 12.3. The van der Waals surface area contributed by atoms with Crippen LogP contribution in [0.1, 0.15) is 23.1 Å². The van der Waals surface area contributed by atoms with E-state index in [0.29, 0.717) is 46.4 Å². The second kappa shape index (κ2) is 24.4. The van der Waals surface area contributed by atoms with Gasteiger partial charge in [-0.15, -0.1) is 25.6 Å². The number of hydrogen-bond donors (Lipinski definition) is 7. The van der Waals surface area contributed by atoms with E-state index < -0.39 is 104 Å². The fourth-order valence-electron chi connectivity index (χ4n) is 8.21. The number of benzene rings is 8. The lowest BCUT2D eigenvalue weighted by atomic mass is 10.1. The molecule has 7 N–H and O–H groups in total. The van der Waals surface area contributed by atoms with Gasteiger partial charge in [-0.25, -0.2) is 0 Å². The lowest BCUT2D eigenvalue weighted by molar-refractivity contribution is 0.317. The Bertz CT molecular complexity index is 4740. The maximum atomic E-state index is 12.7. The molecule has 0 aliphatic heterocycles. The molecule has 0 aliphatic rings. The summed E-state index contributed by atoms with van der Waals surface area (Å²) >= 11 is 0. The summed E-state index contributed by atoms with van der Waals surface area (Å²) < 4.78 is 188. The summed E-state index contributed by atoms with van der Waals surface area (Å²) in [4.78, 5) is -3.82. The number of fused-ring (bicyclic) bond motifs is 2. The maximum Gasteiger partial charge on any atom is 0.296 e. The van der Waals surface area contributed by atoms with Crippen molar-refractivity contribution < 1.29 is 84.2 Å². The quantitative estimate of drug-likeness (QED) is 0.0200. The predicted octanol–water partition coefficient (Wildman–Crippen LogP) is 12.7. The van der Waals surface area contributed by atoms with Crippen LogP contribution in [0, 0.1) is 20.8 Å². The summed E-state index contributed by atoms with van der Waals surface area (Å²) in [5, 5.41) is 47.8. The summed E-state index contributed by atoms with van der Waals surface area (Å²) in [7, 11) is -22.3. The molecule has 0 spiro atoms. The van der Waals surface area contributed by atoms with Crippen molar-refractivity contribution in [3.8, 4) is 23.0 Å². The van der Waals surface area contributed by atoms with Crippen molar-refractivity contribution in [2.24, 2.45) is 40.9 Å². The third-order valence-corrected chi connectivity index (χ3v) is 16.6. The van der Waals surface area contributed by atoms with Gasteiger partial charge in [-0.2, -0.15) is 57.4 Å². The van der Waals surface area contributed by atoms with E-state index in [1.165, 1.54) is 45.4 Å². The number of phenols is 1. The molecule has 0 aliphatic carbocycles. The minimum atomic E-state index is -5.25. The molecule has 0 unspecified atom stereocenters. The lowest BCUT2D eigenvalue weighted by Gasteiger charge is -2.12. The zero-order valence-corrected chi connectivity index (χ0v) is 48.8. The summed E-state index contributed by atoms with van der Waals surface area (Å²) in [6.07, 6.45) is -0.208. The number of phenolic OH excluding ortho intramolecular Hbond substituents is 1. The highest BCUT2D eigenvalue weighted by atomic mass is 32.2. The van der Waals surface area contributed by atoms with Gasteiger partial charge in [-0.1, -0.05) is 18.2 Å². The van der Waals surface area contributed by atoms with E-state index in [1.807, 2.05) is 30.3 Å². The highest BCUT2D eigenvalue weighted by molar-refractivity contribution is 7.87. The molecule has 0 aromatic heterocycles. The summed E-state index contributed by atoms with van der Waals surface area (Å²) in [6.45, 7) is 4.60. The lowest BCUT2D eigenvalue weighted by Crippen LogP contribution is -2.08. The number of rotatable bonds is 21. The molecule has 33 heteroatoms. The Morgan fingerprint density at radius 2 is 0.906 bits per heavy atom. The molecule has 8 aromatic rings. The van der Waals surface area contributed by atoms with Crippen LogP contribution in [0.4, 0.5) is 56.9 Å². The van der Waals surface area contributed by atoms with Gasteiger partial charge in [0.25, 0.3) is 50.6 Å². The number of hydrogen-bond acceptors (Lipinski definition) is 23. The summed E-state index contributed by atoms with van der Waals surface area (Å²) in [5.74, 6) is -1.18. The van der Waals surface area contributed by atoms with Gasteiger partial charge in [0.05, 0.1) is 48.5 Å². The van der Waals surface area contributed by atoms with Crippen LogP contribution in [0.3, 0.4) is 0 Å². The SMILES string of the molecule is COc1cc(N=Nc2c(S(=O)(=O)O)cc3cc(Nc4ccccc4)ccc3c2O)c(OC)cc1N=Nc1cc(C)c(N=Nc2cc(C)c(N=Nc3cc4c(S(=O)(=O)O)cc(S(=O)(=O)O)cc4cc3S(=O)(=O)O)cc2OCCCS(=O)(=O)O)cc1C. The second-order valence-electron chi connectivity index (χ2n) is 18.4. The van der Waals surface area contributed by atoms with Crippen LogP contribution in [0.25, 0.3) is 21.5 Å². The molecular formula is C52H47N9O19S5. The molecule has 0 saturated carbocycles. The Labute approximate surface area is 485 Å². The monoisotopic (exact) mass is 1260 g/mol. The molecule has 444 valence electrons. The first kappa shape index (κ1) is 62.3. The van der Waals surface area contributed by atoms with Crippen molar-refractivity contribution in [2.45, 2.75) is 46.8 Å². The molecule has 0 bridgehead atoms. The van der Waals surface area contributed by atoms with Crippen LogP contribution < -0.4 is 19.5 Å².